The predicted octanol–water partition coefficient (Wildman–Crippen LogP) is 4.78. The zero-order valence-corrected chi connectivity index (χ0v) is 14.5. The molecule has 21 heavy (non-hydrogen) atoms. The van der Waals surface area contributed by atoms with Gasteiger partial charge in [-0.25, -0.2) is 8.78 Å². The van der Waals surface area contributed by atoms with Crippen LogP contribution in [0.2, 0.25) is 0 Å². The molecule has 0 saturated carbocycles. The van der Waals surface area contributed by atoms with Crippen molar-refractivity contribution < 1.29 is 8.78 Å². The lowest BCUT2D eigenvalue weighted by atomic mass is 10.0. The van der Waals surface area contributed by atoms with Gasteiger partial charge in [0.15, 0.2) is 0 Å². The van der Waals surface area contributed by atoms with Crippen molar-refractivity contribution in [2.75, 3.05) is 6.54 Å². The van der Waals surface area contributed by atoms with Gasteiger partial charge in [-0.05, 0) is 69.1 Å². The average molecular weight is 420 g/mol. The fourth-order valence-corrected chi connectivity index (χ4v) is 3.03. The lowest BCUT2D eigenvalue weighted by Crippen LogP contribution is -2.25. The minimum absolute atomic E-state index is 0.0490. The number of pyridine rings is 1. The van der Waals surface area contributed by atoms with Crippen LogP contribution in [0.1, 0.15) is 24.2 Å². The smallest absolute Gasteiger partial charge is 0.143 e. The van der Waals surface area contributed by atoms with Gasteiger partial charge in [0.25, 0.3) is 0 Å². The van der Waals surface area contributed by atoms with Crippen LogP contribution in [0.5, 0.6) is 0 Å². The standard InChI is InChI=1S/C15H14Br2F2N2/c1-2-20-13(15-11(17)4-3-7-21-15)8-9-12(18)6-5-10(16)14(9)19/h3-7,13,20H,2,8H2,1H3. The number of likely N-dealkylation sites (N-methyl/N-ethyl adjacent to an activating group) is 1. The van der Waals surface area contributed by atoms with E-state index in [1.54, 1.807) is 12.3 Å². The van der Waals surface area contributed by atoms with Gasteiger partial charge in [0, 0.05) is 16.2 Å². The van der Waals surface area contributed by atoms with Crippen molar-refractivity contribution in [3.8, 4) is 0 Å². The second-order valence-electron chi connectivity index (χ2n) is 4.51. The lowest BCUT2D eigenvalue weighted by molar-refractivity contribution is 0.489. The van der Waals surface area contributed by atoms with Crippen LogP contribution in [0.15, 0.2) is 39.4 Å². The first-order valence-corrected chi connectivity index (χ1v) is 8.09. The number of halogens is 4. The second-order valence-corrected chi connectivity index (χ2v) is 6.22. The van der Waals surface area contributed by atoms with Crippen LogP contribution >= 0.6 is 31.9 Å². The van der Waals surface area contributed by atoms with Crippen LogP contribution in [0.25, 0.3) is 0 Å². The van der Waals surface area contributed by atoms with Crippen LogP contribution in [-0.2, 0) is 6.42 Å². The maximum absolute atomic E-state index is 14.1. The summed E-state index contributed by atoms with van der Waals surface area (Å²) in [6.07, 6.45) is 1.85. The maximum Gasteiger partial charge on any atom is 0.143 e. The highest BCUT2D eigenvalue weighted by Crippen LogP contribution is 2.28. The van der Waals surface area contributed by atoms with E-state index in [1.807, 2.05) is 13.0 Å². The molecule has 0 aliphatic rings. The molecule has 1 unspecified atom stereocenters. The van der Waals surface area contributed by atoms with E-state index in [0.29, 0.717) is 6.54 Å². The van der Waals surface area contributed by atoms with Crippen LogP contribution in [0.4, 0.5) is 8.78 Å². The molecular formula is C15H14Br2F2N2. The molecule has 0 spiro atoms. The number of aromatic nitrogens is 1. The summed E-state index contributed by atoms with van der Waals surface area (Å²) in [5.74, 6) is -1.12. The molecule has 6 heteroatoms. The molecule has 112 valence electrons. The van der Waals surface area contributed by atoms with Crippen molar-refractivity contribution in [3.63, 3.8) is 0 Å². The summed E-state index contributed by atoms with van der Waals surface area (Å²) in [5, 5.41) is 3.22. The number of nitrogens with zero attached hydrogens (tertiary/aromatic N) is 1. The summed E-state index contributed by atoms with van der Waals surface area (Å²) >= 11 is 6.53. The Kier molecular flexibility index (Phi) is 5.84. The molecule has 2 nitrogen and oxygen atoms in total. The lowest BCUT2D eigenvalue weighted by Gasteiger charge is -2.19. The van der Waals surface area contributed by atoms with Crippen LogP contribution in [-0.4, -0.2) is 11.5 Å². The van der Waals surface area contributed by atoms with E-state index in [2.05, 4.69) is 42.2 Å². The van der Waals surface area contributed by atoms with E-state index >= 15 is 0 Å². The number of rotatable bonds is 5. The first-order chi connectivity index (χ1) is 10.0. The predicted molar refractivity (Wildman–Crippen MR) is 86.1 cm³/mol. The first-order valence-electron chi connectivity index (χ1n) is 6.50. The molecule has 0 bridgehead atoms. The molecule has 1 aromatic heterocycles. The monoisotopic (exact) mass is 418 g/mol. The molecular weight excluding hydrogens is 406 g/mol. The average Bonchev–Trinajstić information content (AvgIpc) is 2.47. The van der Waals surface area contributed by atoms with E-state index in [-0.39, 0.29) is 22.5 Å². The van der Waals surface area contributed by atoms with Crippen molar-refractivity contribution in [3.05, 3.63) is 62.3 Å². The van der Waals surface area contributed by atoms with Crippen LogP contribution < -0.4 is 5.32 Å². The van der Waals surface area contributed by atoms with Crippen molar-refractivity contribution in [2.24, 2.45) is 0 Å². The molecule has 0 aliphatic heterocycles. The summed E-state index contributed by atoms with van der Waals surface area (Å²) in [6, 6.07) is 6.02. The first kappa shape index (κ1) is 16.5. The van der Waals surface area contributed by atoms with Gasteiger partial charge >= 0.3 is 0 Å². The molecule has 2 aromatic rings. The molecule has 0 aliphatic carbocycles. The van der Waals surface area contributed by atoms with E-state index in [9.17, 15) is 8.78 Å². The SMILES string of the molecule is CCNC(Cc1c(F)ccc(Br)c1F)c1ncccc1Br. The maximum atomic E-state index is 14.1. The Morgan fingerprint density at radius 3 is 2.62 bits per heavy atom. The highest BCUT2D eigenvalue weighted by molar-refractivity contribution is 9.10. The highest BCUT2D eigenvalue weighted by Gasteiger charge is 2.21. The zero-order chi connectivity index (χ0) is 15.4. The molecule has 2 rings (SSSR count). The number of nitrogens with one attached hydrogen (secondary N) is 1. The highest BCUT2D eigenvalue weighted by atomic mass is 79.9. The Morgan fingerprint density at radius 2 is 1.95 bits per heavy atom. The Labute approximate surface area is 139 Å². The zero-order valence-electron chi connectivity index (χ0n) is 11.3. The normalized spacial score (nSPS) is 12.4. The quantitative estimate of drug-likeness (QED) is 0.705. The van der Waals surface area contributed by atoms with Gasteiger partial charge in [-0.1, -0.05) is 6.92 Å². The van der Waals surface area contributed by atoms with Gasteiger partial charge in [-0.2, -0.15) is 0 Å². The van der Waals surface area contributed by atoms with Crippen LogP contribution in [0.3, 0.4) is 0 Å². The molecule has 1 heterocycles. The second kappa shape index (κ2) is 7.42. The van der Waals surface area contributed by atoms with Crippen molar-refractivity contribution in [1.82, 2.24) is 10.3 Å². The third kappa shape index (κ3) is 3.87. The van der Waals surface area contributed by atoms with Crippen molar-refractivity contribution in [2.45, 2.75) is 19.4 Å². The number of hydrogen-bond donors (Lipinski definition) is 1. The minimum Gasteiger partial charge on any atom is -0.309 e. The third-order valence-electron chi connectivity index (χ3n) is 3.11. The molecule has 1 aromatic carbocycles. The Hall–Kier alpha value is -0.850. The van der Waals surface area contributed by atoms with Gasteiger partial charge in [-0.3, -0.25) is 4.98 Å². The number of hydrogen-bond acceptors (Lipinski definition) is 2. The molecule has 0 fully saturated rings. The topological polar surface area (TPSA) is 24.9 Å². The molecule has 0 saturated heterocycles. The Morgan fingerprint density at radius 1 is 1.19 bits per heavy atom. The third-order valence-corrected chi connectivity index (χ3v) is 4.40. The fourth-order valence-electron chi connectivity index (χ4n) is 2.13. The summed E-state index contributed by atoms with van der Waals surface area (Å²) in [7, 11) is 0. The van der Waals surface area contributed by atoms with Crippen LogP contribution in [0, 0.1) is 11.6 Å². The Bertz CT molecular complexity index is 635. The minimum atomic E-state index is -0.565. The molecule has 0 radical (unpaired) electrons. The number of benzene rings is 1. The van der Waals surface area contributed by atoms with Crippen molar-refractivity contribution in [1.29, 1.82) is 0 Å². The van der Waals surface area contributed by atoms with E-state index in [0.717, 1.165) is 10.2 Å². The van der Waals surface area contributed by atoms with E-state index in [4.69, 9.17) is 0 Å². The van der Waals surface area contributed by atoms with Gasteiger partial charge in [-0.15, -0.1) is 0 Å². The van der Waals surface area contributed by atoms with Gasteiger partial charge in [0.05, 0.1) is 16.2 Å². The van der Waals surface area contributed by atoms with E-state index in [1.165, 1.54) is 12.1 Å². The summed E-state index contributed by atoms with van der Waals surface area (Å²) < 4.78 is 29.1. The van der Waals surface area contributed by atoms with Gasteiger partial charge in [0.1, 0.15) is 11.6 Å². The van der Waals surface area contributed by atoms with E-state index < -0.39 is 11.6 Å². The van der Waals surface area contributed by atoms with Gasteiger partial charge in [0.2, 0.25) is 0 Å². The molecule has 1 N–H and O–H groups in total. The Balaban J connectivity index is 2.38. The summed E-state index contributed by atoms with van der Waals surface area (Å²) in [4.78, 5) is 4.31. The fraction of sp³-hybridized carbons (Fsp3) is 0.267. The van der Waals surface area contributed by atoms with Crippen molar-refractivity contribution >= 4 is 31.9 Å². The summed E-state index contributed by atoms with van der Waals surface area (Å²) in [5.41, 5.74) is 0.783. The largest absolute Gasteiger partial charge is 0.309 e. The molecule has 1 atom stereocenters. The summed E-state index contributed by atoms with van der Waals surface area (Å²) in [6.45, 7) is 2.61. The van der Waals surface area contributed by atoms with Gasteiger partial charge < -0.3 is 5.32 Å². The molecule has 0 amide bonds.